The Kier molecular flexibility index (Phi) is 8.45. The van der Waals surface area contributed by atoms with Crippen LogP contribution in [0, 0.1) is 0 Å². The van der Waals surface area contributed by atoms with E-state index in [0.717, 1.165) is 44.6 Å². The van der Waals surface area contributed by atoms with Crippen LogP contribution < -0.4 is 10.5 Å². The van der Waals surface area contributed by atoms with Gasteiger partial charge in [0.15, 0.2) is 5.16 Å². The van der Waals surface area contributed by atoms with Gasteiger partial charge in [-0.3, -0.25) is 4.79 Å². The van der Waals surface area contributed by atoms with Crippen LogP contribution in [-0.4, -0.2) is 40.5 Å². The van der Waals surface area contributed by atoms with E-state index in [-0.39, 0.29) is 11.4 Å². The molecule has 0 saturated heterocycles. The second kappa shape index (κ2) is 9.84. The number of hydrogen-bond acceptors (Lipinski definition) is 4. The van der Waals surface area contributed by atoms with Crippen molar-refractivity contribution >= 4 is 11.8 Å². The molecule has 0 fully saturated rings. The van der Waals surface area contributed by atoms with Gasteiger partial charge in [0.2, 0.25) is 5.88 Å². The van der Waals surface area contributed by atoms with Crippen LogP contribution in [0.4, 0.5) is 0 Å². The Balaban J connectivity index is 2.59. The fourth-order valence-electron chi connectivity index (χ4n) is 2.21. The molecule has 5 nitrogen and oxygen atoms in total. The van der Waals surface area contributed by atoms with Crippen molar-refractivity contribution in [1.82, 2.24) is 9.97 Å². The molecule has 0 bridgehead atoms. The maximum atomic E-state index is 12.0. The minimum absolute atomic E-state index is 0.104. The molecule has 0 aliphatic rings. The smallest absolute Gasteiger partial charge is 0.258 e. The van der Waals surface area contributed by atoms with Crippen LogP contribution in [0.5, 0.6) is 5.88 Å². The van der Waals surface area contributed by atoms with Gasteiger partial charge in [-0.1, -0.05) is 31.5 Å². The summed E-state index contributed by atoms with van der Waals surface area (Å²) in [6, 6.07) is 0. The molecule has 1 rings (SSSR count). The average Bonchev–Trinajstić information content (AvgIpc) is 2.46. The molecule has 0 amide bonds. The molecule has 21 heavy (non-hydrogen) atoms. The first-order chi connectivity index (χ1) is 10.1. The first kappa shape index (κ1) is 18.0. The first-order valence-corrected chi connectivity index (χ1v) is 8.89. The predicted octanol–water partition coefficient (Wildman–Crippen LogP) is 1.22. The summed E-state index contributed by atoms with van der Waals surface area (Å²) in [5, 5.41) is 10.4. The van der Waals surface area contributed by atoms with Gasteiger partial charge in [-0.05, 0) is 26.7 Å². The fourth-order valence-corrected chi connectivity index (χ4v) is 3.11. The molecule has 1 aromatic heterocycles. The molecule has 0 aliphatic heterocycles. The monoisotopic (exact) mass is 314 g/mol. The zero-order valence-electron chi connectivity index (χ0n) is 13.4. The first-order valence-electron chi connectivity index (χ1n) is 7.90. The number of unbranched alkanes of at least 4 members (excludes halogenated alkanes) is 2. The topological polar surface area (TPSA) is 70.4 Å². The van der Waals surface area contributed by atoms with Crippen molar-refractivity contribution in [1.29, 1.82) is 0 Å². The number of rotatable bonds is 10. The van der Waals surface area contributed by atoms with Crippen LogP contribution in [0.3, 0.4) is 0 Å². The van der Waals surface area contributed by atoms with E-state index >= 15 is 0 Å². The van der Waals surface area contributed by atoms with E-state index in [1.54, 1.807) is 0 Å². The summed E-state index contributed by atoms with van der Waals surface area (Å²) in [7, 11) is 0. The van der Waals surface area contributed by atoms with Crippen LogP contribution in [0.15, 0.2) is 9.95 Å². The van der Waals surface area contributed by atoms with Gasteiger partial charge in [-0.2, -0.15) is 4.98 Å². The Morgan fingerprint density at radius 1 is 1.24 bits per heavy atom. The molecule has 120 valence electrons. The highest BCUT2D eigenvalue weighted by Crippen LogP contribution is 2.17. The van der Waals surface area contributed by atoms with Crippen LogP contribution in [0.25, 0.3) is 0 Å². The van der Waals surface area contributed by atoms with Crippen LogP contribution in [0.1, 0.15) is 45.6 Å². The Morgan fingerprint density at radius 2 is 1.95 bits per heavy atom. The lowest BCUT2D eigenvalue weighted by atomic mass is 10.1. The van der Waals surface area contributed by atoms with E-state index in [1.807, 2.05) is 0 Å². The highest BCUT2D eigenvalue weighted by molar-refractivity contribution is 7.99. The zero-order chi connectivity index (χ0) is 15.7. The van der Waals surface area contributed by atoms with Crippen LogP contribution in [0.2, 0.25) is 0 Å². The average molecular weight is 314 g/mol. The minimum Gasteiger partial charge on any atom is -0.493 e. The molecule has 0 aromatic carbocycles. The Hall–Kier alpha value is -1.01. The molecule has 0 radical (unpaired) electrons. The molecular weight excluding hydrogens is 286 g/mol. The van der Waals surface area contributed by atoms with Crippen molar-refractivity contribution in [2.45, 2.75) is 51.6 Å². The maximum Gasteiger partial charge on any atom is 0.258 e. The molecular formula is C15H28N3O2S+. The third kappa shape index (κ3) is 6.09. The highest BCUT2D eigenvalue weighted by atomic mass is 32.2. The third-order valence-electron chi connectivity index (χ3n) is 3.70. The lowest BCUT2D eigenvalue weighted by molar-refractivity contribution is -0.893. The summed E-state index contributed by atoms with van der Waals surface area (Å²) < 4.78 is 0. The van der Waals surface area contributed by atoms with Gasteiger partial charge >= 0.3 is 0 Å². The van der Waals surface area contributed by atoms with E-state index in [9.17, 15) is 9.90 Å². The van der Waals surface area contributed by atoms with Crippen molar-refractivity contribution in [3.05, 3.63) is 15.9 Å². The van der Waals surface area contributed by atoms with Crippen molar-refractivity contribution in [3.63, 3.8) is 0 Å². The SMILES string of the molecule is CCCCCc1c(O)nc(SCC[NH+](CC)CC)[nH]c1=O. The highest BCUT2D eigenvalue weighted by Gasteiger charge is 2.11. The van der Waals surface area contributed by atoms with E-state index < -0.39 is 0 Å². The van der Waals surface area contributed by atoms with Gasteiger partial charge in [-0.25, -0.2) is 0 Å². The Bertz CT molecular complexity index is 472. The molecule has 0 unspecified atom stereocenters. The van der Waals surface area contributed by atoms with E-state index in [0.29, 0.717) is 17.1 Å². The summed E-state index contributed by atoms with van der Waals surface area (Å²) in [5.74, 6) is 0.779. The van der Waals surface area contributed by atoms with E-state index in [4.69, 9.17) is 0 Å². The lowest BCUT2D eigenvalue weighted by Crippen LogP contribution is -3.11. The molecule has 1 aromatic rings. The number of nitrogens with zero attached hydrogens (tertiary/aromatic N) is 1. The summed E-state index contributed by atoms with van der Waals surface area (Å²) in [6.45, 7) is 9.67. The second-order valence-electron chi connectivity index (χ2n) is 5.19. The fraction of sp³-hybridized carbons (Fsp3) is 0.733. The van der Waals surface area contributed by atoms with E-state index in [1.165, 1.54) is 16.7 Å². The van der Waals surface area contributed by atoms with Gasteiger partial charge in [0.25, 0.3) is 5.56 Å². The summed E-state index contributed by atoms with van der Waals surface area (Å²) in [4.78, 5) is 20.4. The standard InChI is InChI=1S/C15H27N3O2S/c1-4-7-8-9-12-13(19)16-15(17-14(12)20)21-11-10-18(5-2)6-3/h4-11H2,1-3H3,(H2,16,17,19,20)/p+1. The molecule has 6 heteroatoms. The van der Waals surface area contributed by atoms with Crippen LogP contribution >= 0.6 is 11.8 Å². The zero-order valence-corrected chi connectivity index (χ0v) is 14.2. The number of aromatic hydroxyl groups is 1. The van der Waals surface area contributed by atoms with Crippen molar-refractivity contribution in [2.24, 2.45) is 0 Å². The number of quaternary nitrogens is 1. The number of thioether (sulfide) groups is 1. The Labute approximate surface area is 131 Å². The molecule has 3 N–H and O–H groups in total. The number of aromatic nitrogens is 2. The molecule has 1 heterocycles. The van der Waals surface area contributed by atoms with Gasteiger partial charge in [0.1, 0.15) is 0 Å². The van der Waals surface area contributed by atoms with E-state index in [2.05, 4.69) is 30.7 Å². The number of H-pyrrole nitrogens is 1. The number of nitrogens with one attached hydrogen (secondary N) is 2. The lowest BCUT2D eigenvalue weighted by Gasteiger charge is -2.14. The number of hydrogen-bond donors (Lipinski definition) is 3. The quantitative estimate of drug-likeness (QED) is 0.345. The summed E-state index contributed by atoms with van der Waals surface area (Å²) in [6.07, 6.45) is 3.65. The minimum atomic E-state index is -0.198. The third-order valence-corrected chi connectivity index (χ3v) is 4.57. The maximum absolute atomic E-state index is 12.0. The molecule has 0 saturated carbocycles. The van der Waals surface area contributed by atoms with Crippen molar-refractivity contribution < 1.29 is 10.0 Å². The normalized spacial score (nSPS) is 11.2. The summed E-state index contributed by atoms with van der Waals surface area (Å²) >= 11 is 1.50. The van der Waals surface area contributed by atoms with Crippen molar-refractivity contribution in [3.8, 4) is 5.88 Å². The molecule has 0 aliphatic carbocycles. The summed E-state index contributed by atoms with van der Waals surface area (Å²) in [5.41, 5.74) is 0.221. The van der Waals surface area contributed by atoms with Gasteiger partial charge in [0.05, 0.1) is 31.0 Å². The van der Waals surface area contributed by atoms with Crippen molar-refractivity contribution in [2.75, 3.05) is 25.4 Å². The van der Waals surface area contributed by atoms with Gasteiger partial charge in [0, 0.05) is 0 Å². The Morgan fingerprint density at radius 3 is 2.52 bits per heavy atom. The largest absolute Gasteiger partial charge is 0.493 e. The second-order valence-corrected chi connectivity index (χ2v) is 6.27. The predicted molar refractivity (Wildman–Crippen MR) is 87.4 cm³/mol. The number of aromatic amines is 1. The molecule has 0 atom stereocenters. The van der Waals surface area contributed by atoms with Crippen LogP contribution in [-0.2, 0) is 6.42 Å². The van der Waals surface area contributed by atoms with Gasteiger partial charge < -0.3 is 15.0 Å². The molecule has 0 spiro atoms. The van der Waals surface area contributed by atoms with Gasteiger partial charge in [-0.15, -0.1) is 0 Å².